The standard InChI is InChI=1S/C16H15ClINO2/c1-10(2)21-15-8-7-13(9-14(15)17)19-16(20)11-3-5-12(18)6-4-11/h3-10H,1-2H3,(H,19,20). The van der Waals surface area contributed by atoms with Crippen molar-refractivity contribution < 1.29 is 9.53 Å². The predicted octanol–water partition coefficient (Wildman–Crippen LogP) is 4.98. The molecule has 1 N–H and O–H groups in total. The van der Waals surface area contributed by atoms with E-state index < -0.39 is 0 Å². The molecule has 0 aromatic heterocycles. The van der Waals surface area contributed by atoms with E-state index in [2.05, 4.69) is 27.9 Å². The zero-order valence-corrected chi connectivity index (χ0v) is 14.6. The highest BCUT2D eigenvalue weighted by molar-refractivity contribution is 14.1. The van der Waals surface area contributed by atoms with Gasteiger partial charge in [0.25, 0.3) is 5.91 Å². The second-order valence-corrected chi connectivity index (χ2v) is 6.43. The predicted molar refractivity (Wildman–Crippen MR) is 94.3 cm³/mol. The lowest BCUT2D eigenvalue weighted by atomic mass is 10.2. The van der Waals surface area contributed by atoms with Crippen molar-refractivity contribution in [2.45, 2.75) is 20.0 Å². The van der Waals surface area contributed by atoms with Crippen molar-refractivity contribution in [2.75, 3.05) is 5.32 Å². The van der Waals surface area contributed by atoms with Gasteiger partial charge in [0.1, 0.15) is 5.75 Å². The molecule has 0 saturated heterocycles. The average molecular weight is 416 g/mol. The Bertz CT molecular complexity index is 641. The molecule has 0 aliphatic heterocycles. The maximum Gasteiger partial charge on any atom is 0.255 e. The third-order valence-electron chi connectivity index (χ3n) is 2.66. The zero-order chi connectivity index (χ0) is 15.4. The molecule has 0 unspecified atom stereocenters. The second kappa shape index (κ2) is 7.13. The number of anilines is 1. The van der Waals surface area contributed by atoms with E-state index in [0.29, 0.717) is 22.0 Å². The summed E-state index contributed by atoms with van der Waals surface area (Å²) in [6.07, 6.45) is 0.0507. The Labute approximate surface area is 142 Å². The molecule has 0 bridgehead atoms. The first kappa shape index (κ1) is 16.1. The number of amides is 1. The van der Waals surface area contributed by atoms with Crippen molar-refractivity contribution in [3.8, 4) is 5.75 Å². The maximum absolute atomic E-state index is 12.1. The third kappa shape index (κ3) is 4.61. The summed E-state index contributed by atoms with van der Waals surface area (Å²) in [5.74, 6) is 0.443. The molecule has 0 heterocycles. The Balaban J connectivity index is 2.11. The van der Waals surface area contributed by atoms with Gasteiger partial charge >= 0.3 is 0 Å². The van der Waals surface area contributed by atoms with Crippen LogP contribution in [0.25, 0.3) is 0 Å². The summed E-state index contributed by atoms with van der Waals surface area (Å²) in [6, 6.07) is 12.6. The van der Waals surface area contributed by atoms with Gasteiger partial charge in [0.05, 0.1) is 11.1 Å². The molecule has 5 heteroatoms. The lowest BCUT2D eigenvalue weighted by molar-refractivity contribution is 0.102. The summed E-state index contributed by atoms with van der Waals surface area (Å²) in [4.78, 5) is 12.1. The fourth-order valence-corrected chi connectivity index (χ4v) is 2.32. The maximum atomic E-state index is 12.1. The summed E-state index contributed by atoms with van der Waals surface area (Å²) >= 11 is 8.34. The fourth-order valence-electron chi connectivity index (χ4n) is 1.73. The van der Waals surface area contributed by atoms with E-state index in [4.69, 9.17) is 16.3 Å². The highest BCUT2D eigenvalue weighted by atomic mass is 127. The van der Waals surface area contributed by atoms with Gasteiger partial charge in [-0.15, -0.1) is 0 Å². The van der Waals surface area contributed by atoms with Crippen molar-refractivity contribution in [1.82, 2.24) is 0 Å². The molecule has 0 fully saturated rings. The van der Waals surface area contributed by atoms with Gasteiger partial charge < -0.3 is 10.1 Å². The number of hydrogen-bond donors (Lipinski definition) is 1. The molecular formula is C16H15ClINO2. The van der Waals surface area contributed by atoms with Gasteiger partial charge in [0.15, 0.2) is 0 Å². The van der Waals surface area contributed by atoms with Crippen molar-refractivity contribution in [3.63, 3.8) is 0 Å². The quantitative estimate of drug-likeness (QED) is 0.715. The number of benzene rings is 2. The van der Waals surface area contributed by atoms with Crippen LogP contribution in [-0.2, 0) is 0 Å². The molecule has 0 aliphatic rings. The van der Waals surface area contributed by atoms with Crippen molar-refractivity contribution in [1.29, 1.82) is 0 Å². The highest BCUT2D eigenvalue weighted by Crippen LogP contribution is 2.28. The first-order chi connectivity index (χ1) is 9.95. The van der Waals surface area contributed by atoms with E-state index in [1.54, 1.807) is 30.3 Å². The largest absolute Gasteiger partial charge is 0.489 e. The molecule has 21 heavy (non-hydrogen) atoms. The molecule has 0 spiro atoms. The van der Waals surface area contributed by atoms with Crippen molar-refractivity contribution >= 4 is 45.8 Å². The van der Waals surface area contributed by atoms with Gasteiger partial charge in [0, 0.05) is 14.8 Å². The molecule has 0 saturated carbocycles. The molecule has 110 valence electrons. The van der Waals surface area contributed by atoms with Crippen LogP contribution >= 0.6 is 34.2 Å². The van der Waals surface area contributed by atoms with Crippen LogP contribution in [0, 0.1) is 3.57 Å². The second-order valence-electron chi connectivity index (χ2n) is 4.77. The van der Waals surface area contributed by atoms with Crippen molar-refractivity contribution in [2.24, 2.45) is 0 Å². The van der Waals surface area contributed by atoms with E-state index in [1.165, 1.54) is 0 Å². The molecule has 0 aliphatic carbocycles. The van der Waals surface area contributed by atoms with E-state index in [0.717, 1.165) is 3.57 Å². The zero-order valence-electron chi connectivity index (χ0n) is 11.7. The van der Waals surface area contributed by atoms with Crippen molar-refractivity contribution in [3.05, 3.63) is 56.6 Å². The van der Waals surface area contributed by atoms with Gasteiger partial charge in [-0.1, -0.05) is 11.6 Å². The van der Waals surface area contributed by atoms with E-state index in [9.17, 15) is 4.79 Å². The highest BCUT2D eigenvalue weighted by Gasteiger charge is 2.09. The topological polar surface area (TPSA) is 38.3 Å². The summed E-state index contributed by atoms with van der Waals surface area (Å²) < 4.78 is 6.64. The van der Waals surface area contributed by atoms with Crippen LogP contribution in [0.1, 0.15) is 24.2 Å². The number of hydrogen-bond acceptors (Lipinski definition) is 2. The summed E-state index contributed by atoms with van der Waals surface area (Å²) in [7, 11) is 0. The summed E-state index contributed by atoms with van der Waals surface area (Å²) in [5, 5.41) is 3.29. The van der Waals surface area contributed by atoms with Crippen LogP contribution < -0.4 is 10.1 Å². The molecule has 1 amide bonds. The summed E-state index contributed by atoms with van der Waals surface area (Å²) in [6.45, 7) is 3.87. The number of halogens is 2. The van der Waals surface area contributed by atoms with Crippen LogP contribution in [0.2, 0.25) is 5.02 Å². The molecule has 2 aromatic carbocycles. The Morgan fingerprint density at radius 2 is 1.86 bits per heavy atom. The summed E-state index contributed by atoms with van der Waals surface area (Å²) in [5.41, 5.74) is 1.24. The minimum atomic E-state index is -0.167. The van der Waals surface area contributed by atoms with Gasteiger partial charge in [0.2, 0.25) is 0 Å². The van der Waals surface area contributed by atoms with Crippen LogP contribution in [-0.4, -0.2) is 12.0 Å². The van der Waals surface area contributed by atoms with Crippen LogP contribution in [0.3, 0.4) is 0 Å². The Kier molecular flexibility index (Phi) is 5.47. The molecule has 2 rings (SSSR count). The SMILES string of the molecule is CC(C)Oc1ccc(NC(=O)c2ccc(I)cc2)cc1Cl. The van der Waals surface area contributed by atoms with Crippen LogP contribution in [0.15, 0.2) is 42.5 Å². The van der Waals surface area contributed by atoms with Gasteiger partial charge in [-0.05, 0) is 78.9 Å². The Morgan fingerprint density at radius 3 is 2.43 bits per heavy atom. The number of nitrogens with one attached hydrogen (secondary N) is 1. The number of ether oxygens (including phenoxy) is 1. The molecule has 3 nitrogen and oxygen atoms in total. The van der Waals surface area contributed by atoms with Gasteiger partial charge in [-0.25, -0.2) is 0 Å². The number of carbonyl (C=O) groups is 1. The lowest BCUT2D eigenvalue weighted by Crippen LogP contribution is -2.12. The van der Waals surface area contributed by atoms with Crippen LogP contribution in [0.5, 0.6) is 5.75 Å². The monoisotopic (exact) mass is 415 g/mol. The van der Waals surface area contributed by atoms with E-state index >= 15 is 0 Å². The Hall–Kier alpha value is -1.27. The van der Waals surface area contributed by atoms with E-state index in [1.807, 2.05) is 26.0 Å². The fraction of sp³-hybridized carbons (Fsp3) is 0.188. The molecule has 0 radical (unpaired) electrons. The van der Waals surface area contributed by atoms with Gasteiger partial charge in [-0.3, -0.25) is 4.79 Å². The molecule has 0 atom stereocenters. The smallest absolute Gasteiger partial charge is 0.255 e. The van der Waals surface area contributed by atoms with E-state index in [-0.39, 0.29) is 12.0 Å². The minimum absolute atomic E-state index is 0.0507. The van der Waals surface area contributed by atoms with Gasteiger partial charge in [-0.2, -0.15) is 0 Å². The average Bonchev–Trinajstić information content (AvgIpc) is 2.42. The first-order valence-corrected chi connectivity index (χ1v) is 7.94. The first-order valence-electron chi connectivity index (χ1n) is 6.49. The Morgan fingerprint density at radius 1 is 1.19 bits per heavy atom. The molecular weight excluding hydrogens is 401 g/mol. The number of carbonyl (C=O) groups excluding carboxylic acids is 1. The lowest BCUT2D eigenvalue weighted by Gasteiger charge is -2.12. The minimum Gasteiger partial charge on any atom is -0.489 e. The molecule has 2 aromatic rings. The van der Waals surface area contributed by atoms with Crippen LogP contribution in [0.4, 0.5) is 5.69 Å². The third-order valence-corrected chi connectivity index (χ3v) is 3.67. The number of rotatable bonds is 4. The normalized spacial score (nSPS) is 10.5.